The van der Waals surface area contributed by atoms with E-state index in [9.17, 15) is 5.11 Å². The number of methoxy groups -OCH3 is 1. The fourth-order valence-corrected chi connectivity index (χ4v) is 3.64. The van der Waals surface area contributed by atoms with E-state index in [1.807, 2.05) is 31.2 Å². The summed E-state index contributed by atoms with van der Waals surface area (Å²) in [5.74, 6) is 2.29. The Bertz CT molecular complexity index is 928. The van der Waals surface area contributed by atoms with Gasteiger partial charge in [0.1, 0.15) is 11.5 Å². The first-order valence-corrected chi connectivity index (χ1v) is 9.38. The van der Waals surface area contributed by atoms with Crippen molar-refractivity contribution in [2.45, 2.75) is 26.0 Å². The summed E-state index contributed by atoms with van der Waals surface area (Å²) in [4.78, 5) is 15.3. The largest absolute Gasteiger partial charge is 0.497 e. The maximum atomic E-state index is 10.5. The number of aryl methyl sites for hydroxylation is 1. The van der Waals surface area contributed by atoms with E-state index in [1.165, 1.54) is 0 Å². The van der Waals surface area contributed by atoms with Crippen molar-refractivity contribution in [3.05, 3.63) is 60.0 Å². The molecule has 4 rings (SSSR count). The summed E-state index contributed by atoms with van der Waals surface area (Å²) in [5.41, 5.74) is 2.69. The smallest absolute Gasteiger partial charge is 0.226 e. The van der Waals surface area contributed by atoms with Crippen LogP contribution < -0.4 is 4.74 Å². The summed E-state index contributed by atoms with van der Waals surface area (Å²) in [6.45, 7) is 3.98. The average molecular weight is 380 g/mol. The number of oxazole rings is 1. The number of likely N-dealkylation sites (tertiary alicyclic amines) is 1. The molecule has 3 heterocycles. The molecule has 0 bridgehead atoms. The van der Waals surface area contributed by atoms with Gasteiger partial charge in [-0.15, -0.1) is 0 Å². The van der Waals surface area contributed by atoms with Crippen LogP contribution in [0.15, 0.2) is 47.3 Å². The summed E-state index contributed by atoms with van der Waals surface area (Å²) < 4.78 is 11.2. The Hall–Kier alpha value is -2.77. The van der Waals surface area contributed by atoms with Gasteiger partial charge in [-0.1, -0.05) is 6.07 Å². The molecule has 1 N–H and O–H groups in total. The molecule has 0 saturated carbocycles. The third kappa shape index (κ3) is 4.05. The first kappa shape index (κ1) is 18.6. The Morgan fingerprint density at radius 2 is 2.18 bits per heavy atom. The fourth-order valence-electron chi connectivity index (χ4n) is 3.64. The van der Waals surface area contributed by atoms with Crippen LogP contribution in [0.5, 0.6) is 5.75 Å². The summed E-state index contributed by atoms with van der Waals surface area (Å²) in [5, 5.41) is 10.5. The fraction of sp³-hybridized carbons (Fsp3) is 0.381. The van der Waals surface area contributed by atoms with Crippen molar-refractivity contribution in [2.75, 3.05) is 20.2 Å². The molecule has 7 heteroatoms. The maximum Gasteiger partial charge on any atom is 0.226 e. The van der Waals surface area contributed by atoms with Gasteiger partial charge >= 0.3 is 0 Å². The van der Waals surface area contributed by atoms with Crippen LogP contribution in [0.25, 0.3) is 11.5 Å². The molecule has 1 aromatic carbocycles. The maximum absolute atomic E-state index is 10.5. The number of β-amino-alcohol motifs (C(OH)–C–C–N with tert-alkyl or cyclic N) is 1. The van der Waals surface area contributed by atoms with Crippen LogP contribution in [-0.2, 0) is 13.0 Å². The number of rotatable bonds is 6. The second-order valence-corrected chi connectivity index (χ2v) is 7.18. The molecule has 0 aliphatic carbocycles. The topological polar surface area (TPSA) is 84.5 Å². The lowest BCUT2D eigenvalue weighted by atomic mass is 10.0. The molecular formula is C21H24N4O3. The van der Waals surface area contributed by atoms with Crippen molar-refractivity contribution < 1.29 is 14.3 Å². The second kappa shape index (κ2) is 8.08. The van der Waals surface area contributed by atoms with Crippen molar-refractivity contribution in [1.29, 1.82) is 0 Å². The highest BCUT2D eigenvalue weighted by Crippen LogP contribution is 2.27. The van der Waals surface area contributed by atoms with E-state index in [4.69, 9.17) is 9.15 Å². The van der Waals surface area contributed by atoms with Gasteiger partial charge in [-0.05, 0) is 31.5 Å². The molecule has 2 atom stereocenters. The van der Waals surface area contributed by atoms with E-state index in [0.29, 0.717) is 19.0 Å². The number of aliphatic hydroxyl groups excluding tert-OH is 1. The van der Waals surface area contributed by atoms with E-state index < -0.39 is 0 Å². The highest BCUT2D eigenvalue weighted by Gasteiger charge is 2.32. The quantitative estimate of drug-likeness (QED) is 0.703. The molecule has 3 aromatic rings. The first-order valence-electron chi connectivity index (χ1n) is 9.38. The van der Waals surface area contributed by atoms with Crippen LogP contribution >= 0.6 is 0 Å². The summed E-state index contributed by atoms with van der Waals surface area (Å²) in [6, 6.07) is 7.67. The molecule has 0 amide bonds. The number of nitrogens with zero attached hydrogens (tertiary/aromatic N) is 4. The molecule has 1 saturated heterocycles. The normalized spacial score (nSPS) is 19.8. The number of aromatic nitrogens is 3. The van der Waals surface area contributed by atoms with E-state index in [1.54, 1.807) is 25.7 Å². The highest BCUT2D eigenvalue weighted by molar-refractivity contribution is 5.56. The zero-order valence-electron chi connectivity index (χ0n) is 16.1. The van der Waals surface area contributed by atoms with Gasteiger partial charge in [0.15, 0.2) is 0 Å². The summed E-state index contributed by atoms with van der Waals surface area (Å²) in [6.07, 6.45) is 5.45. The first-order chi connectivity index (χ1) is 13.6. The van der Waals surface area contributed by atoms with Crippen LogP contribution in [-0.4, -0.2) is 51.3 Å². The SMILES string of the molecule is COc1cccc(-c2nc(CN3C[C@@H](Cc4cnccn4)[C@H](O)C3)c(C)o2)c1. The van der Waals surface area contributed by atoms with Crippen molar-refractivity contribution in [3.63, 3.8) is 0 Å². The predicted octanol–water partition coefficient (Wildman–Crippen LogP) is 2.48. The zero-order chi connectivity index (χ0) is 19.5. The average Bonchev–Trinajstić information content (AvgIpc) is 3.25. The lowest BCUT2D eigenvalue weighted by Crippen LogP contribution is -2.22. The minimum Gasteiger partial charge on any atom is -0.497 e. The Balaban J connectivity index is 1.44. The minimum absolute atomic E-state index is 0.141. The number of ether oxygens (including phenoxy) is 1. The third-order valence-corrected chi connectivity index (χ3v) is 5.15. The Morgan fingerprint density at radius 1 is 1.29 bits per heavy atom. The molecule has 7 nitrogen and oxygen atoms in total. The molecule has 2 aromatic heterocycles. The molecule has 1 aliphatic rings. The van der Waals surface area contributed by atoms with Crippen LogP contribution in [0.3, 0.4) is 0 Å². The van der Waals surface area contributed by atoms with Crippen molar-refractivity contribution in [3.8, 4) is 17.2 Å². The standard InChI is InChI=1S/C21H24N4O3/c1-14-19(24-21(28-14)15-4-3-5-18(9-15)27-2)12-25-11-16(20(26)13-25)8-17-10-22-6-7-23-17/h3-7,9-10,16,20,26H,8,11-13H2,1-2H3/t16-,20-/m1/s1. The third-order valence-electron chi connectivity index (χ3n) is 5.15. The van der Waals surface area contributed by atoms with Gasteiger partial charge in [0.25, 0.3) is 0 Å². The van der Waals surface area contributed by atoms with Crippen molar-refractivity contribution in [1.82, 2.24) is 19.9 Å². The van der Waals surface area contributed by atoms with Crippen LogP contribution in [0.2, 0.25) is 0 Å². The van der Waals surface area contributed by atoms with Gasteiger partial charge in [0.05, 0.1) is 24.6 Å². The van der Waals surface area contributed by atoms with Gasteiger partial charge in [-0.2, -0.15) is 0 Å². The Kier molecular flexibility index (Phi) is 5.36. The lowest BCUT2D eigenvalue weighted by molar-refractivity contribution is 0.140. The van der Waals surface area contributed by atoms with Gasteiger partial charge in [-0.3, -0.25) is 14.9 Å². The van der Waals surface area contributed by atoms with Crippen LogP contribution in [0.4, 0.5) is 0 Å². The van der Waals surface area contributed by atoms with E-state index in [2.05, 4.69) is 19.9 Å². The Morgan fingerprint density at radius 3 is 2.96 bits per heavy atom. The van der Waals surface area contributed by atoms with Crippen LogP contribution in [0, 0.1) is 12.8 Å². The lowest BCUT2D eigenvalue weighted by Gasteiger charge is -2.14. The molecule has 0 unspecified atom stereocenters. The summed E-state index contributed by atoms with van der Waals surface area (Å²) in [7, 11) is 1.64. The van der Waals surface area contributed by atoms with Gasteiger partial charge in [0.2, 0.25) is 5.89 Å². The molecule has 0 radical (unpaired) electrons. The monoisotopic (exact) mass is 380 g/mol. The van der Waals surface area contributed by atoms with Crippen molar-refractivity contribution >= 4 is 0 Å². The predicted molar refractivity (Wildman–Crippen MR) is 104 cm³/mol. The van der Waals surface area contributed by atoms with Crippen LogP contribution in [0.1, 0.15) is 17.1 Å². The zero-order valence-corrected chi connectivity index (χ0v) is 16.1. The number of hydrogen-bond donors (Lipinski definition) is 1. The number of benzene rings is 1. The van der Waals surface area contributed by atoms with E-state index in [-0.39, 0.29) is 12.0 Å². The van der Waals surface area contributed by atoms with Crippen molar-refractivity contribution in [2.24, 2.45) is 5.92 Å². The van der Waals surface area contributed by atoms with E-state index in [0.717, 1.165) is 41.4 Å². The van der Waals surface area contributed by atoms with Gasteiger partial charge in [-0.25, -0.2) is 4.98 Å². The molecule has 28 heavy (non-hydrogen) atoms. The summed E-state index contributed by atoms with van der Waals surface area (Å²) >= 11 is 0. The molecule has 0 spiro atoms. The minimum atomic E-state index is -0.382. The Labute approximate surface area is 164 Å². The number of aliphatic hydroxyl groups is 1. The molecule has 146 valence electrons. The van der Waals surface area contributed by atoms with Gasteiger partial charge in [0, 0.05) is 49.7 Å². The highest BCUT2D eigenvalue weighted by atomic mass is 16.5. The van der Waals surface area contributed by atoms with Gasteiger partial charge < -0.3 is 14.3 Å². The number of hydrogen-bond acceptors (Lipinski definition) is 7. The molecule has 1 aliphatic heterocycles. The second-order valence-electron chi connectivity index (χ2n) is 7.18. The molecular weight excluding hydrogens is 356 g/mol. The van der Waals surface area contributed by atoms with E-state index >= 15 is 0 Å². The molecule has 1 fully saturated rings.